The number of nitrogens with two attached hydrogens (primary N) is 1. The van der Waals surface area contributed by atoms with E-state index in [2.05, 4.69) is 13.8 Å². The molecule has 0 aromatic heterocycles. The average Bonchev–Trinajstić information content (AvgIpc) is 2.53. The summed E-state index contributed by atoms with van der Waals surface area (Å²) in [5.41, 5.74) is 5.97. The minimum absolute atomic E-state index is 0. The molecule has 1 aliphatic carbocycles. The molecule has 2 N–H and O–H groups in total. The second kappa shape index (κ2) is 9.74. The number of halogens is 1. The van der Waals surface area contributed by atoms with Gasteiger partial charge in [0.15, 0.2) is 0 Å². The molecule has 0 aromatic carbocycles. The van der Waals surface area contributed by atoms with E-state index in [9.17, 15) is 4.79 Å². The van der Waals surface area contributed by atoms with Crippen molar-refractivity contribution in [2.75, 3.05) is 13.1 Å². The van der Waals surface area contributed by atoms with Crippen molar-refractivity contribution >= 4 is 18.3 Å². The number of likely N-dealkylation sites (tertiary alicyclic amines) is 1. The number of rotatable bonds is 5. The van der Waals surface area contributed by atoms with E-state index < -0.39 is 0 Å². The predicted molar refractivity (Wildman–Crippen MR) is 92.2 cm³/mol. The Morgan fingerprint density at radius 2 is 1.77 bits per heavy atom. The summed E-state index contributed by atoms with van der Waals surface area (Å²) in [6.07, 6.45) is 8.95. The molecule has 1 heterocycles. The number of carbonyl (C=O) groups excluding carboxylic acids is 1. The van der Waals surface area contributed by atoms with Crippen LogP contribution in [0, 0.1) is 5.92 Å². The van der Waals surface area contributed by atoms with E-state index in [4.69, 9.17) is 10.5 Å². The first kappa shape index (κ1) is 19.7. The number of hydrogen-bond acceptors (Lipinski definition) is 3. The van der Waals surface area contributed by atoms with Gasteiger partial charge in [0, 0.05) is 19.1 Å². The van der Waals surface area contributed by atoms with Gasteiger partial charge in [-0.1, -0.05) is 26.2 Å². The van der Waals surface area contributed by atoms with Crippen LogP contribution in [0.4, 0.5) is 0 Å². The van der Waals surface area contributed by atoms with E-state index in [0.717, 1.165) is 45.2 Å². The lowest BCUT2D eigenvalue weighted by atomic mass is 9.90. The fraction of sp³-hybridized carbons (Fsp3) is 0.941. The lowest BCUT2D eigenvalue weighted by Crippen LogP contribution is -2.47. The molecule has 2 rings (SSSR count). The van der Waals surface area contributed by atoms with Crippen LogP contribution in [0.5, 0.6) is 0 Å². The van der Waals surface area contributed by atoms with Crippen LogP contribution in [0.25, 0.3) is 0 Å². The molecular weight excluding hydrogens is 300 g/mol. The minimum Gasteiger partial charge on any atom is -0.365 e. The van der Waals surface area contributed by atoms with E-state index in [0.29, 0.717) is 12.0 Å². The molecule has 130 valence electrons. The van der Waals surface area contributed by atoms with Crippen molar-refractivity contribution in [3.63, 3.8) is 0 Å². The van der Waals surface area contributed by atoms with E-state index in [1.54, 1.807) is 0 Å². The van der Waals surface area contributed by atoms with Crippen LogP contribution < -0.4 is 5.73 Å². The Morgan fingerprint density at radius 1 is 1.18 bits per heavy atom. The third-order valence-corrected chi connectivity index (χ3v) is 5.15. The average molecular weight is 333 g/mol. The second-order valence-corrected chi connectivity index (χ2v) is 6.81. The van der Waals surface area contributed by atoms with Crippen LogP contribution >= 0.6 is 12.4 Å². The van der Waals surface area contributed by atoms with Crippen LogP contribution in [-0.4, -0.2) is 42.1 Å². The van der Waals surface area contributed by atoms with Gasteiger partial charge in [-0.15, -0.1) is 12.4 Å². The van der Waals surface area contributed by atoms with Crippen LogP contribution in [0.2, 0.25) is 0 Å². The first-order valence-corrected chi connectivity index (χ1v) is 8.81. The minimum atomic E-state index is -0.236. The van der Waals surface area contributed by atoms with Gasteiger partial charge < -0.3 is 15.4 Å². The summed E-state index contributed by atoms with van der Waals surface area (Å²) in [6.45, 7) is 5.81. The first-order chi connectivity index (χ1) is 10.1. The smallest absolute Gasteiger partial charge is 0.251 e. The summed E-state index contributed by atoms with van der Waals surface area (Å²) in [4.78, 5) is 14.6. The van der Waals surface area contributed by atoms with E-state index in [-0.39, 0.29) is 30.5 Å². The van der Waals surface area contributed by atoms with Crippen molar-refractivity contribution in [2.45, 2.75) is 83.5 Å². The highest BCUT2D eigenvalue weighted by Gasteiger charge is 2.30. The lowest BCUT2D eigenvalue weighted by molar-refractivity contribution is -0.150. The quantitative estimate of drug-likeness (QED) is 0.841. The molecule has 1 aliphatic heterocycles. The molecule has 1 amide bonds. The molecule has 1 saturated carbocycles. The molecule has 2 atom stereocenters. The SMILES string of the molecule is CCC(OC1CCCCC1)C(=O)N1CCC(C(C)N)CC1.Cl. The maximum atomic E-state index is 12.6. The summed E-state index contributed by atoms with van der Waals surface area (Å²) in [5, 5.41) is 0. The second-order valence-electron chi connectivity index (χ2n) is 6.81. The maximum Gasteiger partial charge on any atom is 0.251 e. The molecule has 2 aliphatic rings. The Labute approximate surface area is 141 Å². The standard InChI is InChI=1S/C17H32N2O2.ClH/c1-3-16(21-15-7-5-4-6-8-15)17(20)19-11-9-14(10-12-19)13(2)18;/h13-16H,3-12,18H2,1-2H3;1H. The van der Waals surface area contributed by atoms with Gasteiger partial charge in [0.2, 0.25) is 0 Å². The third kappa shape index (κ3) is 5.39. The summed E-state index contributed by atoms with van der Waals surface area (Å²) >= 11 is 0. The number of carbonyl (C=O) groups is 1. The fourth-order valence-corrected chi connectivity index (χ4v) is 3.61. The van der Waals surface area contributed by atoms with Crippen molar-refractivity contribution in [1.82, 2.24) is 4.90 Å². The number of piperidine rings is 1. The summed E-state index contributed by atoms with van der Waals surface area (Å²) in [7, 11) is 0. The zero-order valence-corrected chi connectivity index (χ0v) is 14.9. The normalized spacial score (nSPS) is 23.7. The van der Waals surface area contributed by atoms with Gasteiger partial charge in [0.05, 0.1) is 6.10 Å². The van der Waals surface area contributed by atoms with Gasteiger partial charge in [0.25, 0.3) is 5.91 Å². The molecule has 4 nitrogen and oxygen atoms in total. The highest BCUT2D eigenvalue weighted by molar-refractivity contribution is 5.85. The zero-order chi connectivity index (χ0) is 15.2. The largest absolute Gasteiger partial charge is 0.365 e. The number of ether oxygens (including phenoxy) is 1. The molecule has 2 unspecified atom stereocenters. The molecule has 2 fully saturated rings. The number of nitrogens with zero attached hydrogens (tertiary/aromatic N) is 1. The first-order valence-electron chi connectivity index (χ1n) is 8.81. The van der Waals surface area contributed by atoms with Gasteiger partial charge in [-0.2, -0.15) is 0 Å². The van der Waals surface area contributed by atoms with Crippen molar-refractivity contribution in [2.24, 2.45) is 11.7 Å². The highest BCUT2D eigenvalue weighted by Crippen LogP contribution is 2.24. The van der Waals surface area contributed by atoms with Crippen LogP contribution in [0.1, 0.15) is 65.2 Å². The van der Waals surface area contributed by atoms with Crippen LogP contribution in [-0.2, 0) is 9.53 Å². The molecule has 1 saturated heterocycles. The molecular formula is C17H33ClN2O2. The van der Waals surface area contributed by atoms with Gasteiger partial charge >= 0.3 is 0 Å². The lowest BCUT2D eigenvalue weighted by Gasteiger charge is -2.36. The van der Waals surface area contributed by atoms with Gasteiger partial charge in [-0.25, -0.2) is 0 Å². The van der Waals surface area contributed by atoms with Gasteiger partial charge in [0.1, 0.15) is 6.10 Å². The predicted octanol–water partition coefficient (Wildman–Crippen LogP) is 3.12. The van der Waals surface area contributed by atoms with Crippen molar-refractivity contribution in [1.29, 1.82) is 0 Å². The van der Waals surface area contributed by atoms with Crippen molar-refractivity contribution < 1.29 is 9.53 Å². The fourth-order valence-electron chi connectivity index (χ4n) is 3.61. The molecule has 0 radical (unpaired) electrons. The highest BCUT2D eigenvalue weighted by atomic mass is 35.5. The molecule has 22 heavy (non-hydrogen) atoms. The number of amides is 1. The van der Waals surface area contributed by atoms with Crippen LogP contribution in [0.15, 0.2) is 0 Å². The monoisotopic (exact) mass is 332 g/mol. The Bertz CT molecular complexity index is 325. The maximum absolute atomic E-state index is 12.6. The van der Waals surface area contributed by atoms with Gasteiger partial charge in [-0.3, -0.25) is 4.79 Å². The summed E-state index contributed by atoms with van der Waals surface area (Å²) in [6, 6.07) is 0.239. The Hall–Kier alpha value is -0.320. The Kier molecular flexibility index (Phi) is 8.73. The molecule has 0 aromatic rings. The van der Waals surface area contributed by atoms with Crippen molar-refractivity contribution in [3.8, 4) is 0 Å². The van der Waals surface area contributed by atoms with Crippen LogP contribution in [0.3, 0.4) is 0 Å². The summed E-state index contributed by atoms with van der Waals surface area (Å²) in [5.74, 6) is 0.764. The molecule has 5 heteroatoms. The molecule has 0 spiro atoms. The molecule has 0 bridgehead atoms. The van der Waals surface area contributed by atoms with Crippen molar-refractivity contribution in [3.05, 3.63) is 0 Å². The van der Waals surface area contributed by atoms with E-state index in [1.165, 1.54) is 19.3 Å². The Morgan fingerprint density at radius 3 is 2.27 bits per heavy atom. The van der Waals surface area contributed by atoms with E-state index in [1.807, 2.05) is 4.90 Å². The zero-order valence-electron chi connectivity index (χ0n) is 14.1. The van der Waals surface area contributed by atoms with Gasteiger partial charge in [-0.05, 0) is 44.9 Å². The summed E-state index contributed by atoms with van der Waals surface area (Å²) < 4.78 is 6.11. The van der Waals surface area contributed by atoms with E-state index >= 15 is 0 Å². The topological polar surface area (TPSA) is 55.6 Å². The Balaban J connectivity index is 0.00000242. The number of hydrogen-bond donors (Lipinski definition) is 1. The third-order valence-electron chi connectivity index (χ3n) is 5.15.